The summed E-state index contributed by atoms with van der Waals surface area (Å²) in [6, 6.07) is 5.76. The number of fused-ring (bicyclic) bond motifs is 1. The van der Waals surface area contributed by atoms with Crippen molar-refractivity contribution in [3.05, 3.63) is 36.0 Å². The molecule has 0 atom stereocenters. The summed E-state index contributed by atoms with van der Waals surface area (Å²) >= 11 is 0. The summed E-state index contributed by atoms with van der Waals surface area (Å²) in [6.07, 6.45) is 1.22. The minimum atomic E-state index is -1.06. The second-order valence-electron chi connectivity index (χ2n) is 4.14. The zero-order valence-corrected chi connectivity index (χ0v) is 10.1. The lowest BCUT2D eigenvalue weighted by molar-refractivity contribution is 0.0696. The van der Waals surface area contributed by atoms with E-state index in [0.29, 0.717) is 16.8 Å². The highest BCUT2D eigenvalue weighted by Gasteiger charge is 2.12. The zero-order chi connectivity index (χ0) is 14.3. The summed E-state index contributed by atoms with van der Waals surface area (Å²) in [7, 11) is 0. The van der Waals surface area contributed by atoms with E-state index in [1.54, 1.807) is 0 Å². The first-order chi connectivity index (χ1) is 9.54. The molecule has 0 amide bonds. The Morgan fingerprint density at radius 1 is 1.30 bits per heavy atom. The molecule has 0 bridgehead atoms. The first-order valence-electron chi connectivity index (χ1n) is 5.63. The van der Waals surface area contributed by atoms with Crippen LogP contribution in [0.25, 0.3) is 22.7 Å². The number of aromatic nitrogens is 2. The monoisotopic (exact) mass is 271 g/mol. The Hall–Kier alpha value is -3.09. The summed E-state index contributed by atoms with van der Waals surface area (Å²) in [5.74, 6) is -0.921. The van der Waals surface area contributed by atoms with Crippen LogP contribution in [0.2, 0.25) is 0 Å². The number of phenolic OH excluding ortho intramolecular Hbond substituents is 1. The average molecular weight is 271 g/mol. The second-order valence-corrected chi connectivity index (χ2v) is 4.14. The number of oxazole rings is 1. The van der Waals surface area contributed by atoms with Gasteiger partial charge < -0.3 is 20.4 Å². The van der Waals surface area contributed by atoms with Gasteiger partial charge in [-0.25, -0.2) is 9.78 Å². The van der Waals surface area contributed by atoms with Crippen molar-refractivity contribution in [2.45, 2.75) is 0 Å². The normalized spacial score (nSPS) is 10.8. The van der Waals surface area contributed by atoms with Crippen LogP contribution in [0, 0.1) is 0 Å². The van der Waals surface area contributed by atoms with Crippen LogP contribution in [0.15, 0.2) is 34.9 Å². The van der Waals surface area contributed by atoms with Crippen molar-refractivity contribution in [2.75, 3.05) is 5.73 Å². The Morgan fingerprint density at radius 3 is 2.75 bits per heavy atom. The predicted octanol–water partition coefficient (Wildman–Crippen LogP) is 1.88. The highest BCUT2D eigenvalue weighted by Crippen LogP contribution is 2.29. The molecule has 4 N–H and O–H groups in total. The second kappa shape index (κ2) is 4.23. The first-order valence-corrected chi connectivity index (χ1v) is 5.63. The first kappa shape index (κ1) is 12.0. The molecule has 1 aromatic carbocycles. The van der Waals surface area contributed by atoms with E-state index >= 15 is 0 Å². The number of carboxylic acids is 1. The van der Waals surface area contributed by atoms with E-state index in [1.165, 1.54) is 30.5 Å². The van der Waals surface area contributed by atoms with E-state index in [2.05, 4.69) is 9.97 Å². The lowest BCUT2D eigenvalue weighted by atomic mass is 10.2. The van der Waals surface area contributed by atoms with Crippen molar-refractivity contribution in [3.8, 4) is 17.3 Å². The Bertz CT molecular complexity index is 769. The third kappa shape index (κ3) is 1.91. The molecule has 100 valence electrons. The number of nitrogens with zero attached hydrogens (tertiary/aromatic N) is 2. The smallest absolute Gasteiger partial charge is 0.337 e. The maximum absolute atomic E-state index is 10.7. The highest BCUT2D eigenvalue weighted by atomic mass is 16.4. The van der Waals surface area contributed by atoms with Crippen molar-refractivity contribution < 1.29 is 19.4 Å². The average Bonchev–Trinajstić information content (AvgIpc) is 2.82. The third-order valence-corrected chi connectivity index (χ3v) is 2.77. The van der Waals surface area contributed by atoms with Crippen LogP contribution in [-0.4, -0.2) is 26.2 Å². The maximum Gasteiger partial charge on any atom is 0.337 e. The number of aromatic carboxylic acids is 1. The van der Waals surface area contributed by atoms with Gasteiger partial charge in [-0.1, -0.05) is 0 Å². The van der Waals surface area contributed by atoms with E-state index in [4.69, 9.17) is 15.3 Å². The van der Waals surface area contributed by atoms with Crippen LogP contribution in [0.5, 0.6) is 5.75 Å². The van der Waals surface area contributed by atoms with Gasteiger partial charge >= 0.3 is 5.97 Å². The van der Waals surface area contributed by atoms with Gasteiger partial charge in [-0.05, 0) is 18.2 Å². The maximum atomic E-state index is 10.7. The van der Waals surface area contributed by atoms with Crippen molar-refractivity contribution in [1.82, 2.24) is 9.97 Å². The Labute approximate surface area is 112 Å². The van der Waals surface area contributed by atoms with E-state index in [-0.39, 0.29) is 22.9 Å². The SMILES string of the molecule is Nc1cc2nc(-c3ccc(C(=O)O)cn3)oc2cc1O. The topological polar surface area (TPSA) is 122 Å². The van der Waals surface area contributed by atoms with Gasteiger partial charge in [0.1, 0.15) is 17.0 Å². The molecule has 0 fully saturated rings. The zero-order valence-electron chi connectivity index (χ0n) is 10.1. The fourth-order valence-corrected chi connectivity index (χ4v) is 1.74. The number of carboxylic acid groups (broad SMARTS) is 1. The molecule has 0 aliphatic carbocycles. The largest absolute Gasteiger partial charge is 0.506 e. The van der Waals surface area contributed by atoms with Crippen LogP contribution < -0.4 is 5.73 Å². The third-order valence-electron chi connectivity index (χ3n) is 2.77. The minimum Gasteiger partial charge on any atom is -0.506 e. The number of carbonyl (C=O) groups is 1. The van der Waals surface area contributed by atoms with Crippen molar-refractivity contribution in [1.29, 1.82) is 0 Å². The molecule has 0 saturated heterocycles. The number of aromatic hydroxyl groups is 1. The van der Waals surface area contributed by atoms with Crippen LogP contribution in [0.4, 0.5) is 5.69 Å². The van der Waals surface area contributed by atoms with Crippen LogP contribution in [-0.2, 0) is 0 Å². The van der Waals surface area contributed by atoms with E-state index in [0.717, 1.165) is 0 Å². The summed E-state index contributed by atoms with van der Waals surface area (Å²) in [4.78, 5) is 18.9. The Morgan fingerprint density at radius 2 is 2.10 bits per heavy atom. The van der Waals surface area contributed by atoms with Gasteiger partial charge in [0.15, 0.2) is 5.58 Å². The Kier molecular flexibility index (Phi) is 2.53. The molecule has 0 aliphatic rings. The number of anilines is 1. The molecule has 20 heavy (non-hydrogen) atoms. The molecular formula is C13H9N3O4. The van der Waals surface area contributed by atoms with Gasteiger partial charge in [0.05, 0.1) is 11.3 Å². The molecule has 7 heteroatoms. The number of rotatable bonds is 2. The van der Waals surface area contributed by atoms with Gasteiger partial charge in [0.25, 0.3) is 0 Å². The fourth-order valence-electron chi connectivity index (χ4n) is 1.74. The van der Waals surface area contributed by atoms with Crippen LogP contribution in [0.3, 0.4) is 0 Å². The summed E-state index contributed by atoms with van der Waals surface area (Å²) < 4.78 is 5.45. The number of nitrogens with two attached hydrogens (primary N) is 1. The molecule has 3 rings (SSSR count). The van der Waals surface area contributed by atoms with E-state index in [9.17, 15) is 9.90 Å². The lowest BCUT2D eigenvalue weighted by Gasteiger charge is -1.95. The molecule has 0 unspecified atom stereocenters. The standard InChI is InChI=1S/C13H9N3O4/c14-7-3-9-11(4-10(7)17)20-12(16-9)8-2-1-6(5-15-8)13(18)19/h1-5,17H,14H2,(H,18,19). The van der Waals surface area contributed by atoms with Crippen molar-refractivity contribution >= 4 is 22.8 Å². The van der Waals surface area contributed by atoms with Gasteiger partial charge in [-0.2, -0.15) is 0 Å². The Balaban J connectivity index is 2.07. The van der Waals surface area contributed by atoms with Crippen LogP contribution >= 0.6 is 0 Å². The van der Waals surface area contributed by atoms with Crippen molar-refractivity contribution in [2.24, 2.45) is 0 Å². The quantitative estimate of drug-likeness (QED) is 0.480. The number of benzene rings is 1. The molecule has 3 aromatic rings. The highest BCUT2D eigenvalue weighted by molar-refractivity contribution is 5.87. The number of hydrogen-bond donors (Lipinski definition) is 3. The van der Waals surface area contributed by atoms with Crippen LogP contribution in [0.1, 0.15) is 10.4 Å². The molecule has 2 heterocycles. The number of nitrogen functional groups attached to an aromatic ring is 1. The molecule has 2 aromatic heterocycles. The molecule has 0 aliphatic heterocycles. The predicted molar refractivity (Wildman–Crippen MR) is 70.3 cm³/mol. The summed E-state index contributed by atoms with van der Waals surface area (Å²) in [5.41, 5.74) is 7.10. The number of phenols is 1. The molecule has 7 nitrogen and oxygen atoms in total. The van der Waals surface area contributed by atoms with Gasteiger partial charge in [-0.15, -0.1) is 0 Å². The summed E-state index contributed by atoms with van der Waals surface area (Å²) in [6.45, 7) is 0. The van der Waals surface area contributed by atoms with E-state index in [1.807, 2.05) is 0 Å². The molecule has 0 spiro atoms. The number of pyridine rings is 1. The minimum absolute atomic E-state index is 0.0757. The molecule has 0 radical (unpaired) electrons. The van der Waals surface area contributed by atoms with E-state index < -0.39 is 5.97 Å². The molecule has 0 saturated carbocycles. The molecular weight excluding hydrogens is 262 g/mol. The lowest BCUT2D eigenvalue weighted by Crippen LogP contribution is -1.97. The van der Waals surface area contributed by atoms with Gasteiger partial charge in [0, 0.05) is 12.3 Å². The number of hydrogen-bond acceptors (Lipinski definition) is 6. The summed E-state index contributed by atoms with van der Waals surface area (Å²) in [5, 5.41) is 18.3. The van der Waals surface area contributed by atoms with Crippen molar-refractivity contribution in [3.63, 3.8) is 0 Å². The van der Waals surface area contributed by atoms with Gasteiger partial charge in [0.2, 0.25) is 5.89 Å². The fraction of sp³-hybridized carbons (Fsp3) is 0. The van der Waals surface area contributed by atoms with Gasteiger partial charge in [-0.3, -0.25) is 4.98 Å².